The summed E-state index contributed by atoms with van der Waals surface area (Å²) in [7, 11) is 2.02. The minimum Gasteiger partial charge on any atom is -0.319 e. The minimum atomic E-state index is 0.294. The van der Waals surface area contributed by atoms with Crippen molar-refractivity contribution in [3.63, 3.8) is 0 Å². The van der Waals surface area contributed by atoms with Gasteiger partial charge in [0.25, 0.3) is 0 Å². The third-order valence-corrected chi connectivity index (χ3v) is 3.63. The number of rotatable bonds is 6. The fourth-order valence-corrected chi connectivity index (χ4v) is 2.83. The highest BCUT2D eigenvalue weighted by Crippen LogP contribution is 2.30. The molecule has 0 fully saturated rings. The number of aryl methyl sites for hydroxylation is 1. The number of halogens is 1. The highest BCUT2D eigenvalue weighted by molar-refractivity contribution is 6.31. The SMILES string of the molecule is CCCC(C)(CNC)Cc1ccc(C)cc1Cl. The van der Waals surface area contributed by atoms with E-state index < -0.39 is 0 Å². The second-order valence-electron chi connectivity index (χ2n) is 5.36. The van der Waals surface area contributed by atoms with Gasteiger partial charge in [-0.25, -0.2) is 0 Å². The lowest BCUT2D eigenvalue weighted by Crippen LogP contribution is -2.31. The Labute approximate surface area is 111 Å². The van der Waals surface area contributed by atoms with Crippen LogP contribution in [-0.2, 0) is 6.42 Å². The molecule has 0 bridgehead atoms. The Kier molecular flexibility index (Phi) is 5.48. The van der Waals surface area contributed by atoms with Crippen molar-refractivity contribution in [2.75, 3.05) is 13.6 Å². The van der Waals surface area contributed by atoms with Gasteiger partial charge in [-0.3, -0.25) is 0 Å². The molecule has 1 atom stereocenters. The van der Waals surface area contributed by atoms with Gasteiger partial charge >= 0.3 is 0 Å². The predicted molar refractivity (Wildman–Crippen MR) is 76.8 cm³/mol. The maximum atomic E-state index is 6.32. The van der Waals surface area contributed by atoms with Crippen molar-refractivity contribution in [2.24, 2.45) is 5.41 Å². The molecule has 0 heterocycles. The Morgan fingerprint density at radius 2 is 2.06 bits per heavy atom. The van der Waals surface area contributed by atoms with Crippen LogP contribution in [0.25, 0.3) is 0 Å². The quantitative estimate of drug-likeness (QED) is 0.801. The Balaban J connectivity index is 2.85. The summed E-state index contributed by atoms with van der Waals surface area (Å²) in [5.74, 6) is 0. The number of hydrogen-bond donors (Lipinski definition) is 1. The monoisotopic (exact) mass is 253 g/mol. The third-order valence-electron chi connectivity index (χ3n) is 3.28. The predicted octanol–water partition coefficient (Wildman–Crippen LogP) is 4.22. The van der Waals surface area contributed by atoms with Crippen LogP contribution in [0.1, 0.15) is 37.8 Å². The van der Waals surface area contributed by atoms with E-state index in [1.54, 1.807) is 0 Å². The van der Waals surface area contributed by atoms with Gasteiger partial charge in [0.2, 0.25) is 0 Å². The molecule has 0 amide bonds. The summed E-state index contributed by atoms with van der Waals surface area (Å²) >= 11 is 6.32. The van der Waals surface area contributed by atoms with E-state index in [4.69, 9.17) is 11.6 Å². The molecule has 1 aromatic carbocycles. The molecule has 1 aromatic rings. The molecule has 1 rings (SSSR count). The van der Waals surface area contributed by atoms with Gasteiger partial charge in [-0.05, 0) is 49.4 Å². The molecule has 0 aliphatic heterocycles. The number of nitrogens with one attached hydrogen (secondary N) is 1. The van der Waals surface area contributed by atoms with E-state index in [-0.39, 0.29) is 0 Å². The van der Waals surface area contributed by atoms with Gasteiger partial charge in [0.1, 0.15) is 0 Å². The molecule has 96 valence electrons. The summed E-state index contributed by atoms with van der Waals surface area (Å²) in [6, 6.07) is 6.37. The van der Waals surface area contributed by atoms with Crippen LogP contribution in [-0.4, -0.2) is 13.6 Å². The van der Waals surface area contributed by atoms with E-state index in [0.717, 1.165) is 18.0 Å². The molecule has 0 spiro atoms. The summed E-state index contributed by atoms with van der Waals surface area (Å²) in [6.45, 7) is 7.69. The largest absolute Gasteiger partial charge is 0.319 e. The average Bonchev–Trinajstić information content (AvgIpc) is 2.23. The zero-order chi connectivity index (χ0) is 12.9. The van der Waals surface area contributed by atoms with E-state index in [1.807, 2.05) is 7.05 Å². The smallest absolute Gasteiger partial charge is 0.0440 e. The first-order valence-electron chi connectivity index (χ1n) is 6.40. The second-order valence-corrected chi connectivity index (χ2v) is 5.77. The lowest BCUT2D eigenvalue weighted by atomic mass is 9.79. The molecule has 0 radical (unpaired) electrons. The van der Waals surface area contributed by atoms with Crippen molar-refractivity contribution in [1.82, 2.24) is 5.32 Å². The van der Waals surface area contributed by atoms with E-state index in [1.165, 1.54) is 24.0 Å². The van der Waals surface area contributed by atoms with E-state index in [9.17, 15) is 0 Å². The first-order valence-corrected chi connectivity index (χ1v) is 6.78. The van der Waals surface area contributed by atoms with Gasteiger partial charge in [0.05, 0.1) is 0 Å². The topological polar surface area (TPSA) is 12.0 Å². The Morgan fingerprint density at radius 1 is 1.35 bits per heavy atom. The summed E-state index contributed by atoms with van der Waals surface area (Å²) in [5, 5.41) is 4.21. The molecule has 2 heteroatoms. The molecule has 0 saturated heterocycles. The van der Waals surface area contributed by atoms with Crippen molar-refractivity contribution in [3.05, 3.63) is 34.3 Å². The van der Waals surface area contributed by atoms with E-state index in [0.29, 0.717) is 5.41 Å². The Morgan fingerprint density at radius 3 is 2.59 bits per heavy atom. The highest BCUT2D eigenvalue weighted by atomic mass is 35.5. The van der Waals surface area contributed by atoms with Gasteiger partial charge in [0.15, 0.2) is 0 Å². The van der Waals surface area contributed by atoms with Crippen LogP contribution in [0.3, 0.4) is 0 Å². The molecule has 0 aromatic heterocycles. The van der Waals surface area contributed by atoms with Crippen molar-refractivity contribution in [1.29, 1.82) is 0 Å². The molecule has 17 heavy (non-hydrogen) atoms. The normalized spacial score (nSPS) is 14.6. The first-order chi connectivity index (χ1) is 8.00. The van der Waals surface area contributed by atoms with Gasteiger partial charge in [-0.2, -0.15) is 0 Å². The minimum absolute atomic E-state index is 0.294. The molecule has 1 nitrogen and oxygen atoms in total. The third kappa shape index (κ3) is 4.33. The van der Waals surface area contributed by atoms with Crippen molar-refractivity contribution >= 4 is 11.6 Å². The van der Waals surface area contributed by atoms with Crippen LogP contribution in [0.15, 0.2) is 18.2 Å². The zero-order valence-electron chi connectivity index (χ0n) is 11.4. The lowest BCUT2D eigenvalue weighted by molar-refractivity contribution is 0.283. The van der Waals surface area contributed by atoms with Crippen LogP contribution in [0.5, 0.6) is 0 Å². The molecular weight excluding hydrogens is 230 g/mol. The van der Waals surface area contributed by atoms with Crippen LogP contribution in [0.4, 0.5) is 0 Å². The van der Waals surface area contributed by atoms with Crippen LogP contribution < -0.4 is 5.32 Å². The maximum absolute atomic E-state index is 6.32. The molecule has 1 unspecified atom stereocenters. The highest BCUT2D eigenvalue weighted by Gasteiger charge is 2.23. The van der Waals surface area contributed by atoms with Gasteiger partial charge < -0.3 is 5.32 Å². The molecule has 0 aliphatic rings. The van der Waals surface area contributed by atoms with Gasteiger partial charge in [0, 0.05) is 11.6 Å². The fourth-order valence-electron chi connectivity index (χ4n) is 2.53. The Bertz CT molecular complexity index is 354. The standard InChI is InChI=1S/C15H24ClN/c1-5-8-15(3,11-17-4)10-13-7-6-12(2)9-14(13)16/h6-7,9,17H,5,8,10-11H2,1-4H3. The average molecular weight is 254 g/mol. The number of benzene rings is 1. The van der Waals surface area contributed by atoms with Crippen LogP contribution in [0.2, 0.25) is 5.02 Å². The van der Waals surface area contributed by atoms with E-state index in [2.05, 4.69) is 44.3 Å². The maximum Gasteiger partial charge on any atom is 0.0440 e. The van der Waals surface area contributed by atoms with Crippen molar-refractivity contribution in [2.45, 2.75) is 40.0 Å². The molecular formula is C15H24ClN. The van der Waals surface area contributed by atoms with Gasteiger partial charge in [-0.1, -0.05) is 44.0 Å². The molecule has 0 saturated carbocycles. The molecule has 0 aliphatic carbocycles. The summed E-state index contributed by atoms with van der Waals surface area (Å²) in [6.07, 6.45) is 3.47. The van der Waals surface area contributed by atoms with Crippen LogP contribution >= 0.6 is 11.6 Å². The summed E-state index contributed by atoms with van der Waals surface area (Å²) < 4.78 is 0. The lowest BCUT2D eigenvalue weighted by Gasteiger charge is -2.29. The first kappa shape index (κ1) is 14.5. The zero-order valence-corrected chi connectivity index (χ0v) is 12.2. The van der Waals surface area contributed by atoms with Crippen molar-refractivity contribution < 1.29 is 0 Å². The summed E-state index contributed by atoms with van der Waals surface area (Å²) in [4.78, 5) is 0. The van der Waals surface area contributed by atoms with Gasteiger partial charge in [-0.15, -0.1) is 0 Å². The van der Waals surface area contributed by atoms with Crippen LogP contribution in [0, 0.1) is 12.3 Å². The second kappa shape index (κ2) is 6.42. The number of hydrogen-bond acceptors (Lipinski definition) is 1. The fraction of sp³-hybridized carbons (Fsp3) is 0.600. The Hall–Kier alpha value is -0.530. The van der Waals surface area contributed by atoms with E-state index >= 15 is 0 Å². The molecule has 1 N–H and O–H groups in total. The van der Waals surface area contributed by atoms with Crippen molar-refractivity contribution in [3.8, 4) is 0 Å². The summed E-state index contributed by atoms with van der Waals surface area (Å²) in [5.41, 5.74) is 2.79.